The van der Waals surface area contributed by atoms with Gasteiger partial charge in [-0.2, -0.15) is 0 Å². The second-order valence-electron chi connectivity index (χ2n) is 7.91. The van der Waals surface area contributed by atoms with Crippen LogP contribution in [-0.4, -0.2) is 20.7 Å². The number of allylic oxidation sites excluding steroid dienone is 1. The topological polar surface area (TPSA) is 57.0 Å². The smallest absolute Gasteiger partial charge is 0.313 e. The molecule has 0 unspecified atom stereocenters. The summed E-state index contributed by atoms with van der Waals surface area (Å²) in [7, 11) is 0. The number of carbonyl (C=O) groups is 1. The molecule has 1 aromatic heterocycles. The maximum absolute atomic E-state index is 14.3. The first-order valence-electron chi connectivity index (χ1n) is 9.45. The molecule has 3 rings (SSSR count). The summed E-state index contributed by atoms with van der Waals surface area (Å²) >= 11 is 0. The van der Waals surface area contributed by atoms with Crippen molar-refractivity contribution in [3.63, 3.8) is 0 Å². The molecule has 0 atom stereocenters. The lowest BCUT2D eigenvalue weighted by molar-refractivity contribution is -0.157. The lowest BCUT2D eigenvalue weighted by Gasteiger charge is -2.16. The van der Waals surface area contributed by atoms with Gasteiger partial charge in [-0.25, -0.2) is 18.4 Å². The van der Waals surface area contributed by atoms with Crippen molar-refractivity contribution in [1.29, 1.82) is 0 Å². The van der Waals surface area contributed by atoms with Gasteiger partial charge in [-0.05, 0) is 56.5 Å². The molecule has 0 saturated heterocycles. The monoisotopic (exact) mass is 411 g/mol. The second-order valence-corrected chi connectivity index (χ2v) is 7.91. The zero-order valence-corrected chi connectivity index (χ0v) is 17.2. The van der Waals surface area contributed by atoms with Crippen LogP contribution in [0, 0.1) is 17.0 Å². The van der Waals surface area contributed by atoms with E-state index in [1.54, 1.807) is 45.0 Å². The van der Waals surface area contributed by atoms with E-state index in [0.29, 0.717) is 22.5 Å². The summed E-state index contributed by atoms with van der Waals surface area (Å²) in [5.41, 5.74) is 1.10. The number of benzene rings is 2. The molecule has 0 N–H and O–H groups in total. The van der Waals surface area contributed by atoms with Crippen molar-refractivity contribution in [1.82, 2.24) is 14.8 Å². The van der Waals surface area contributed by atoms with E-state index in [0.717, 1.165) is 0 Å². The number of ether oxygens (including phenoxy) is 1. The summed E-state index contributed by atoms with van der Waals surface area (Å²) in [5.74, 6) is -1.16. The van der Waals surface area contributed by atoms with E-state index in [1.165, 1.54) is 29.2 Å². The quantitative estimate of drug-likeness (QED) is 0.415. The van der Waals surface area contributed by atoms with Gasteiger partial charge in [0.05, 0.1) is 5.41 Å². The van der Waals surface area contributed by atoms with Crippen LogP contribution in [-0.2, 0) is 22.7 Å². The number of esters is 1. The van der Waals surface area contributed by atoms with Crippen molar-refractivity contribution in [2.75, 3.05) is 0 Å². The summed E-state index contributed by atoms with van der Waals surface area (Å²) in [4.78, 5) is 16.1. The molecule has 0 fully saturated rings. The van der Waals surface area contributed by atoms with Crippen LogP contribution in [0.4, 0.5) is 8.78 Å². The average molecular weight is 411 g/mol. The first-order chi connectivity index (χ1) is 14.2. The fourth-order valence-corrected chi connectivity index (χ4v) is 2.78. The maximum Gasteiger partial charge on any atom is 0.313 e. The normalized spacial score (nSPS) is 11.4. The predicted octanol–water partition coefficient (Wildman–Crippen LogP) is 5.17. The standard InChI is InChI=1S/C23H23F2N3O2/c1-5-7-18-19(24)11-17(12-20(18)25)15-8-6-9-16(10-15)21-26-13-28(27-21)14-30-22(29)23(2,3)4/h5-6,8-13H,1,7,14H2,2-4H3. The first kappa shape index (κ1) is 21.4. The Morgan fingerprint density at radius 3 is 2.43 bits per heavy atom. The van der Waals surface area contributed by atoms with Crippen LogP contribution < -0.4 is 0 Å². The summed E-state index contributed by atoms with van der Waals surface area (Å²) < 4.78 is 35.2. The van der Waals surface area contributed by atoms with Gasteiger partial charge in [0.25, 0.3) is 0 Å². The number of aromatic nitrogens is 3. The Morgan fingerprint density at radius 1 is 1.13 bits per heavy atom. The van der Waals surface area contributed by atoms with E-state index in [2.05, 4.69) is 16.7 Å². The average Bonchev–Trinajstić information content (AvgIpc) is 3.17. The third kappa shape index (κ3) is 4.79. The van der Waals surface area contributed by atoms with Gasteiger partial charge in [-0.3, -0.25) is 4.79 Å². The van der Waals surface area contributed by atoms with Crippen LogP contribution in [0.5, 0.6) is 0 Å². The highest BCUT2D eigenvalue weighted by Gasteiger charge is 2.23. The largest absolute Gasteiger partial charge is 0.442 e. The highest BCUT2D eigenvalue weighted by molar-refractivity contribution is 5.75. The van der Waals surface area contributed by atoms with E-state index >= 15 is 0 Å². The van der Waals surface area contributed by atoms with Crippen molar-refractivity contribution in [3.8, 4) is 22.5 Å². The molecule has 0 saturated carbocycles. The minimum absolute atomic E-state index is 0.00452. The third-order valence-electron chi connectivity index (χ3n) is 4.42. The molecule has 5 nitrogen and oxygen atoms in total. The molecule has 0 radical (unpaired) electrons. The molecule has 30 heavy (non-hydrogen) atoms. The molecule has 7 heteroatoms. The van der Waals surface area contributed by atoms with Crippen LogP contribution >= 0.6 is 0 Å². The molecule has 0 spiro atoms. The molecule has 2 aromatic carbocycles. The fraction of sp³-hybridized carbons (Fsp3) is 0.261. The molecule has 3 aromatic rings. The van der Waals surface area contributed by atoms with E-state index in [-0.39, 0.29) is 24.7 Å². The van der Waals surface area contributed by atoms with Crippen molar-refractivity contribution < 1.29 is 18.3 Å². The SMILES string of the molecule is C=CCc1c(F)cc(-c2cccc(-c3ncn(COC(=O)C(C)(C)C)n3)c2)cc1F. The fourth-order valence-electron chi connectivity index (χ4n) is 2.78. The van der Waals surface area contributed by atoms with Crippen molar-refractivity contribution in [2.24, 2.45) is 5.41 Å². The molecule has 0 amide bonds. The Morgan fingerprint density at radius 2 is 1.80 bits per heavy atom. The van der Waals surface area contributed by atoms with Crippen LogP contribution in [0.15, 0.2) is 55.4 Å². The van der Waals surface area contributed by atoms with Crippen LogP contribution in [0.1, 0.15) is 26.3 Å². The number of hydrogen-bond acceptors (Lipinski definition) is 4. The van der Waals surface area contributed by atoms with Gasteiger partial charge in [0, 0.05) is 11.1 Å². The van der Waals surface area contributed by atoms with E-state index < -0.39 is 17.0 Å². The first-order valence-corrected chi connectivity index (χ1v) is 9.45. The highest BCUT2D eigenvalue weighted by Crippen LogP contribution is 2.28. The number of carbonyl (C=O) groups excluding carboxylic acids is 1. The number of hydrogen-bond donors (Lipinski definition) is 0. The van der Waals surface area contributed by atoms with Crippen molar-refractivity contribution in [3.05, 3.63) is 72.6 Å². The zero-order chi connectivity index (χ0) is 21.9. The summed E-state index contributed by atoms with van der Waals surface area (Å²) in [6.07, 6.45) is 3.04. The van der Waals surface area contributed by atoms with Gasteiger partial charge in [-0.1, -0.05) is 24.3 Å². The maximum atomic E-state index is 14.3. The van der Waals surface area contributed by atoms with Gasteiger partial charge in [-0.15, -0.1) is 11.7 Å². The molecule has 0 aliphatic rings. The van der Waals surface area contributed by atoms with Crippen LogP contribution in [0.25, 0.3) is 22.5 Å². The molecule has 0 aliphatic carbocycles. The highest BCUT2D eigenvalue weighted by atomic mass is 19.1. The third-order valence-corrected chi connectivity index (χ3v) is 4.42. The lowest BCUT2D eigenvalue weighted by atomic mass is 9.98. The number of rotatable bonds is 6. The van der Waals surface area contributed by atoms with Gasteiger partial charge in [0.1, 0.15) is 18.0 Å². The Kier molecular flexibility index (Phi) is 6.10. The van der Waals surface area contributed by atoms with E-state index in [1.807, 2.05) is 0 Å². The molecule has 1 heterocycles. The lowest BCUT2D eigenvalue weighted by Crippen LogP contribution is -2.24. The minimum Gasteiger partial charge on any atom is -0.442 e. The summed E-state index contributed by atoms with van der Waals surface area (Å²) in [6, 6.07) is 9.68. The summed E-state index contributed by atoms with van der Waals surface area (Å²) in [6.45, 7) is 8.77. The second kappa shape index (κ2) is 8.57. The van der Waals surface area contributed by atoms with E-state index in [9.17, 15) is 13.6 Å². The predicted molar refractivity (Wildman–Crippen MR) is 110 cm³/mol. The Labute approximate surface area is 174 Å². The van der Waals surface area contributed by atoms with Gasteiger partial charge in [0.2, 0.25) is 0 Å². The Bertz CT molecular complexity index is 1060. The van der Waals surface area contributed by atoms with E-state index in [4.69, 9.17) is 4.74 Å². The van der Waals surface area contributed by atoms with Crippen LogP contribution in [0.3, 0.4) is 0 Å². The van der Waals surface area contributed by atoms with Crippen molar-refractivity contribution in [2.45, 2.75) is 33.9 Å². The Hall–Kier alpha value is -3.35. The molecule has 0 bridgehead atoms. The molecule has 0 aliphatic heterocycles. The van der Waals surface area contributed by atoms with Gasteiger partial charge < -0.3 is 4.74 Å². The Balaban J connectivity index is 1.82. The minimum atomic E-state index is -0.613. The van der Waals surface area contributed by atoms with Crippen LogP contribution in [0.2, 0.25) is 0 Å². The molecular weight excluding hydrogens is 388 g/mol. The van der Waals surface area contributed by atoms with Gasteiger partial charge >= 0.3 is 5.97 Å². The molecule has 156 valence electrons. The van der Waals surface area contributed by atoms with Crippen molar-refractivity contribution >= 4 is 5.97 Å². The summed E-state index contributed by atoms with van der Waals surface area (Å²) in [5, 5.41) is 4.31. The molecular formula is C23H23F2N3O2. The zero-order valence-electron chi connectivity index (χ0n) is 17.2. The number of halogens is 2. The van der Waals surface area contributed by atoms with Gasteiger partial charge in [0.15, 0.2) is 12.6 Å². The number of nitrogens with zero attached hydrogens (tertiary/aromatic N) is 3.